The number of benzene rings is 2. The quantitative estimate of drug-likeness (QED) is 0.267. The van der Waals surface area contributed by atoms with Gasteiger partial charge in [0.2, 0.25) is 5.91 Å². The molecule has 0 saturated carbocycles. The van der Waals surface area contributed by atoms with Crippen LogP contribution in [-0.4, -0.2) is 63.7 Å². The molecule has 2 rings (SSSR count). The summed E-state index contributed by atoms with van der Waals surface area (Å²) in [4.78, 5) is 17.8. The molecule has 2 aromatic rings. The molecular weight excluding hydrogens is 526 g/mol. The third-order valence-electron chi connectivity index (χ3n) is 4.43. The van der Waals surface area contributed by atoms with Crippen LogP contribution < -0.4 is 20.1 Å². The van der Waals surface area contributed by atoms with Gasteiger partial charge in [0, 0.05) is 26.7 Å². The van der Waals surface area contributed by atoms with Gasteiger partial charge in [-0.3, -0.25) is 4.79 Å². The molecule has 1 unspecified atom stereocenters. The van der Waals surface area contributed by atoms with Crippen LogP contribution in [0.3, 0.4) is 0 Å². The SMILES string of the molecule is COc1ccc(CCNC(=NCC(=O)N(C)C)NCC(C)Oc2cccc(F)c2)cc1.I. The molecule has 0 aliphatic carbocycles. The predicted molar refractivity (Wildman–Crippen MR) is 136 cm³/mol. The number of aliphatic imine (C=N–C) groups is 1. The Morgan fingerprint density at radius 2 is 1.84 bits per heavy atom. The van der Waals surface area contributed by atoms with Crippen LogP contribution >= 0.6 is 24.0 Å². The summed E-state index contributed by atoms with van der Waals surface area (Å²) < 4.78 is 24.2. The lowest BCUT2D eigenvalue weighted by atomic mass is 10.1. The number of hydrogen-bond acceptors (Lipinski definition) is 4. The van der Waals surface area contributed by atoms with Gasteiger partial charge in [-0.05, 0) is 43.2 Å². The molecule has 0 aromatic heterocycles. The number of ether oxygens (including phenoxy) is 2. The van der Waals surface area contributed by atoms with Crippen molar-refractivity contribution >= 4 is 35.8 Å². The summed E-state index contributed by atoms with van der Waals surface area (Å²) in [5.41, 5.74) is 1.15. The first-order valence-electron chi connectivity index (χ1n) is 10.1. The number of rotatable bonds is 10. The summed E-state index contributed by atoms with van der Waals surface area (Å²) >= 11 is 0. The van der Waals surface area contributed by atoms with E-state index in [9.17, 15) is 9.18 Å². The smallest absolute Gasteiger partial charge is 0.243 e. The van der Waals surface area contributed by atoms with Gasteiger partial charge in [-0.2, -0.15) is 0 Å². The van der Waals surface area contributed by atoms with Crippen molar-refractivity contribution in [2.45, 2.75) is 19.4 Å². The first-order valence-corrected chi connectivity index (χ1v) is 10.1. The highest BCUT2D eigenvalue weighted by atomic mass is 127. The summed E-state index contributed by atoms with van der Waals surface area (Å²) in [7, 11) is 5.02. The largest absolute Gasteiger partial charge is 0.497 e. The maximum atomic E-state index is 13.3. The van der Waals surface area contributed by atoms with E-state index in [0.29, 0.717) is 24.8 Å². The van der Waals surface area contributed by atoms with Crippen LogP contribution in [0.15, 0.2) is 53.5 Å². The van der Waals surface area contributed by atoms with Gasteiger partial charge in [0.15, 0.2) is 5.96 Å². The van der Waals surface area contributed by atoms with Crippen molar-refractivity contribution in [2.75, 3.05) is 40.8 Å². The summed E-state index contributed by atoms with van der Waals surface area (Å²) in [5.74, 6) is 1.35. The Hall–Kier alpha value is -2.56. The van der Waals surface area contributed by atoms with Gasteiger partial charge in [-0.1, -0.05) is 18.2 Å². The van der Waals surface area contributed by atoms with Crippen LogP contribution in [0.1, 0.15) is 12.5 Å². The number of nitrogens with one attached hydrogen (secondary N) is 2. The molecule has 1 amide bonds. The van der Waals surface area contributed by atoms with Crippen molar-refractivity contribution in [3.63, 3.8) is 0 Å². The number of guanidine groups is 1. The van der Waals surface area contributed by atoms with E-state index in [2.05, 4.69) is 15.6 Å². The first-order chi connectivity index (χ1) is 14.9. The van der Waals surface area contributed by atoms with Crippen molar-refractivity contribution in [1.29, 1.82) is 0 Å². The van der Waals surface area contributed by atoms with E-state index in [1.807, 2.05) is 31.2 Å². The molecule has 0 heterocycles. The zero-order valence-electron chi connectivity index (χ0n) is 18.9. The Balaban J connectivity index is 0.00000512. The molecule has 7 nitrogen and oxygen atoms in total. The van der Waals surface area contributed by atoms with Gasteiger partial charge in [-0.25, -0.2) is 9.38 Å². The van der Waals surface area contributed by atoms with Gasteiger partial charge in [0.1, 0.15) is 30.0 Å². The third-order valence-corrected chi connectivity index (χ3v) is 4.43. The number of methoxy groups -OCH3 is 1. The molecule has 176 valence electrons. The second-order valence-corrected chi connectivity index (χ2v) is 7.24. The van der Waals surface area contributed by atoms with E-state index < -0.39 is 0 Å². The maximum absolute atomic E-state index is 13.3. The second-order valence-electron chi connectivity index (χ2n) is 7.24. The molecule has 0 radical (unpaired) electrons. The summed E-state index contributed by atoms with van der Waals surface area (Å²) in [6.07, 6.45) is 0.543. The van der Waals surface area contributed by atoms with Crippen LogP contribution in [0.4, 0.5) is 4.39 Å². The zero-order chi connectivity index (χ0) is 22.6. The predicted octanol–water partition coefficient (Wildman–Crippen LogP) is 3.09. The van der Waals surface area contributed by atoms with Gasteiger partial charge < -0.3 is 25.0 Å². The number of hydrogen-bond donors (Lipinski definition) is 2. The fourth-order valence-corrected chi connectivity index (χ4v) is 2.63. The maximum Gasteiger partial charge on any atom is 0.243 e. The van der Waals surface area contributed by atoms with Crippen LogP contribution in [-0.2, 0) is 11.2 Å². The molecular formula is C23H32FIN4O3. The van der Waals surface area contributed by atoms with Gasteiger partial charge in [0.05, 0.1) is 13.7 Å². The topological polar surface area (TPSA) is 75.2 Å². The van der Waals surface area contributed by atoms with Gasteiger partial charge in [-0.15, -0.1) is 24.0 Å². The molecule has 0 fully saturated rings. The highest BCUT2D eigenvalue weighted by Crippen LogP contribution is 2.13. The Labute approximate surface area is 206 Å². The fourth-order valence-electron chi connectivity index (χ4n) is 2.63. The lowest BCUT2D eigenvalue weighted by Gasteiger charge is -2.18. The normalized spacial score (nSPS) is 11.7. The van der Waals surface area contributed by atoms with E-state index in [1.165, 1.54) is 17.0 Å². The Kier molecular flexibility index (Phi) is 12.4. The fraction of sp³-hybridized carbons (Fsp3) is 0.391. The summed E-state index contributed by atoms with van der Waals surface area (Å²) in [6.45, 7) is 2.97. The number of amides is 1. The van der Waals surface area contributed by atoms with E-state index in [1.54, 1.807) is 33.3 Å². The minimum absolute atomic E-state index is 0. The molecule has 0 bridgehead atoms. The molecule has 0 spiro atoms. The van der Waals surface area contributed by atoms with Crippen molar-refractivity contribution in [3.8, 4) is 11.5 Å². The number of likely N-dealkylation sites (N-methyl/N-ethyl adjacent to an activating group) is 1. The number of nitrogens with zero attached hydrogens (tertiary/aromatic N) is 2. The van der Waals surface area contributed by atoms with Crippen molar-refractivity contribution in [1.82, 2.24) is 15.5 Å². The number of halogens is 2. The molecule has 32 heavy (non-hydrogen) atoms. The number of carbonyl (C=O) groups is 1. The average molecular weight is 558 g/mol. The van der Waals surface area contributed by atoms with E-state index in [0.717, 1.165) is 17.7 Å². The third kappa shape index (κ3) is 10.2. The highest BCUT2D eigenvalue weighted by molar-refractivity contribution is 14.0. The second kappa shape index (κ2) is 14.5. The minimum atomic E-state index is -0.345. The molecule has 0 aliphatic heterocycles. The Morgan fingerprint density at radius 1 is 1.12 bits per heavy atom. The standard InChI is InChI=1S/C23H31FN4O3.HI/c1-17(31-21-7-5-6-19(24)14-21)15-26-23(27-16-22(29)28(2)3)25-13-12-18-8-10-20(30-4)11-9-18;/h5-11,14,17H,12-13,15-16H2,1-4H3,(H2,25,26,27);1H. The first kappa shape index (κ1) is 27.5. The van der Waals surface area contributed by atoms with Crippen LogP contribution in [0.25, 0.3) is 0 Å². The minimum Gasteiger partial charge on any atom is -0.497 e. The van der Waals surface area contributed by atoms with E-state index >= 15 is 0 Å². The monoisotopic (exact) mass is 558 g/mol. The van der Waals surface area contributed by atoms with E-state index in [-0.39, 0.29) is 48.3 Å². The average Bonchev–Trinajstić information content (AvgIpc) is 2.75. The van der Waals surface area contributed by atoms with Crippen LogP contribution in [0.2, 0.25) is 0 Å². The molecule has 0 saturated heterocycles. The van der Waals surface area contributed by atoms with E-state index in [4.69, 9.17) is 9.47 Å². The lowest BCUT2D eigenvalue weighted by Crippen LogP contribution is -2.43. The molecule has 2 aromatic carbocycles. The van der Waals surface area contributed by atoms with Crippen LogP contribution in [0, 0.1) is 5.82 Å². The zero-order valence-corrected chi connectivity index (χ0v) is 21.3. The molecule has 1 atom stereocenters. The molecule has 2 N–H and O–H groups in total. The molecule has 9 heteroatoms. The lowest BCUT2D eigenvalue weighted by molar-refractivity contribution is -0.127. The van der Waals surface area contributed by atoms with Gasteiger partial charge >= 0.3 is 0 Å². The highest BCUT2D eigenvalue weighted by Gasteiger charge is 2.09. The number of carbonyl (C=O) groups excluding carboxylic acids is 1. The van der Waals surface area contributed by atoms with Crippen molar-refractivity contribution < 1.29 is 18.7 Å². The Bertz CT molecular complexity index is 863. The van der Waals surface area contributed by atoms with Crippen molar-refractivity contribution in [2.24, 2.45) is 4.99 Å². The van der Waals surface area contributed by atoms with Gasteiger partial charge in [0.25, 0.3) is 0 Å². The van der Waals surface area contributed by atoms with Crippen LogP contribution in [0.5, 0.6) is 11.5 Å². The summed E-state index contributed by atoms with van der Waals surface area (Å²) in [5, 5.41) is 6.42. The summed E-state index contributed by atoms with van der Waals surface area (Å²) in [6, 6.07) is 13.9. The Morgan fingerprint density at radius 3 is 2.47 bits per heavy atom. The molecule has 0 aliphatic rings. The van der Waals surface area contributed by atoms with Crippen molar-refractivity contribution in [3.05, 3.63) is 59.9 Å².